The molecule has 0 fully saturated rings. The second-order valence-corrected chi connectivity index (χ2v) is 22.5. The van der Waals surface area contributed by atoms with E-state index >= 15 is 0 Å². The number of nitrogens with two attached hydrogens (primary N) is 5. The maximum atomic E-state index is 12.0. The predicted octanol–water partition coefficient (Wildman–Crippen LogP) is -0.359. The Balaban J connectivity index is 0. The molecule has 3 aromatic rings. The van der Waals surface area contributed by atoms with Crippen molar-refractivity contribution in [1.29, 1.82) is 0 Å². The SMILES string of the molecule is CC(N)C(=O)NCCS.CC(N)C(=O)NCCS(=O)(=O)O.NC(Cc1ccccc1)C(=O)NCCSSCCNC(=O)C(N)Cc1ccccc1.NCCC(=O)NCCS.O=C(CCNC(=O)OCc1ccccc1)NC(CS)C(=O)O. The number of nitrogens with one attached hydrogen (secondary N) is 7. The number of alkyl carbamates (subject to hydrolysis) is 1. The van der Waals surface area contributed by atoms with Crippen molar-refractivity contribution in [2.45, 2.75) is 76.3 Å². The highest BCUT2D eigenvalue weighted by molar-refractivity contribution is 8.76. The van der Waals surface area contributed by atoms with Crippen molar-refractivity contribution in [3.8, 4) is 0 Å². The Hall–Kier alpha value is -5.32. The van der Waals surface area contributed by atoms with E-state index in [2.05, 4.69) is 75.1 Å². The first kappa shape index (κ1) is 78.7. The fraction of sp³-hybridized carbons (Fsp3) is 0.490. The molecule has 0 heterocycles. The lowest BCUT2D eigenvalue weighted by Crippen LogP contribution is -2.43. The monoisotopic (exact) mass is 1260 g/mol. The molecule has 5 unspecified atom stereocenters. The van der Waals surface area contributed by atoms with E-state index in [0.29, 0.717) is 63.5 Å². The third-order valence-electron chi connectivity index (χ3n) is 9.68. The van der Waals surface area contributed by atoms with Gasteiger partial charge in [0.15, 0.2) is 0 Å². The largest absolute Gasteiger partial charge is 0.480 e. The average Bonchev–Trinajstić information content (AvgIpc) is 3.44. The smallest absolute Gasteiger partial charge is 0.407 e. The zero-order valence-electron chi connectivity index (χ0n) is 46.1. The number of thiol groups is 3. The normalized spacial score (nSPS) is 12.1. The Morgan fingerprint density at radius 1 is 0.561 bits per heavy atom. The average molecular weight is 1270 g/mol. The summed E-state index contributed by atoms with van der Waals surface area (Å²) in [7, 11) is -0.697. The lowest BCUT2D eigenvalue weighted by molar-refractivity contribution is -0.141. The Labute approximate surface area is 505 Å². The maximum Gasteiger partial charge on any atom is 0.407 e. The van der Waals surface area contributed by atoms with Crippen LogP contribution in [0.3, 0.4) is 0 Å². The number of hydrogen-bond acceptors (Lipinski definition) is 21. The summed E-state index contributed by atoms with van der Waals surface area (Å²) in [4.78, 5) is 89.6. The molecule has 5 atom stereocenters. The van der Waals surface area contributed by atoms with Crippen LogP contribution < -0.4 is 65.9 Å². The summed E-state index contributed by atoms with van der Waals surface area (Å²) >= 11 is 11.7. The van der Waals surface area contributed by atoms with Crippen molar-refractivity contribution in [2.75, 3.05) is 80.3 Å². The molecular weight excluding hydrogens is 1180 g/mol. The van der Waals surface area contributed by atoms with Gasteiger partial charge in [0.25, 0.3) is 10.1 Å². The van der Waals surface area contributed by atoms with E-state index in [1.54, 1.807) is 28.5 Å². The van der Waals surface area contributed by atoms with Crippen molar-refractivity contribution >= 4 is 117 Å². The minimum Gasteiger partial charge on any atom is -0.480 e. The lowest BCUT2D eigenvalue weighted by Gasteiger charge is -2.13. The summed E-state index contributed by atoms with van der Waals surface area (Å²) in [5, 5.41) is 26.7. The van der Waals surface area contributed by atoms with Crippen LogP contribution in [0.1, 0.15) is 43.4 Å². The molecule has 0 aliphatic heterocycles. The zero-order chi connectivity index (χ0) is 62.1. The molecule has 0 aliphatic carbocycles. The standard InChI is InChI=1S/C22H30N4O2S2.C14H18N2O5S.C5H12N2O4S.2C5H12N2OS/c23-19(15-17-7-3-1-4-8-17)21(27)25-11-13-29-30-14-12-26-22(28)20(24)16-18-9-5-2-6-10-18;17-12(16-11(9-22)13(18)19)6-7-15-14(20)21-8-10-4-2-1-3-5-10;1-4(6)5(8)7-2-3-12(9,10)11;1-4(6)5(8)7-2-3-9;6-2-1-5(8)7-3-4-9/h1-10,19-20H,11-16,23-24H2,(H,25,27)(H,26,28);1-5,11,22H,6-9H2,(H,15,20)(H,16,17)(H,18,19);4H,2-3,6H2,1H3,(H,7,8)(H,9,10,11);4,9H,2-3,6H2,1H3,(H,7,8);9H,1-4,6H2,(H,7,8). The van der Waals surface area contributed by atoms with Gasteiger partial charge in [0.2, 0.25) is 35.4 Å². The second kappa shape index (κ2) is 50.2. The van der Waals surface area contributed by atoms with E-state index in [9.17, 15) is 46.8 Å². The molecule has 462 valence electrons. The quantitative estimate of drug-likeness (QED) is 0.0164. The molecular formula is C51H84N12O13S6. The molecule has 3 aromatic carbocycles. The Bertz CT molecular complexity index is 2290. The van der Waals surface area contributed by atoms with Crippen LogP contribution in [0.25, 0.3) is 0 Å². The number of carbonyl (C=O) groups excluding carboxylic acids is 7. The summed E-state index contributed by atoms with van der Waals surface area (Å²) in [6.07, 6.45) is 0.785. The molecule has 82 heavy (non-hydrogen) atoms. The Morgan fingerprint density at radius 3 is 1.37 bits per heavy atom. The molecule has 7 amide bonds. The van der Waals surface area contributed by atoms with Crippen LogP contribution >= 0.6 is 59.5 Å². The predicted molar refractivity (Wildman–Crippen MR) is 334 cm³/mol. The molecule has 0 aliphatic rings. The van der Waals surface area contributed by atoms with Gasteiger partial charge in [0.05, 0.1) is 29.9 Å². The number of rotatable bonds is 32. The summed E-state index contributed by atoms with van der Waals surface area (Å²) in [5.74, 6) is -0.0921. The Kier molecular flexibility index (Phi) is 48.2. The summed E-state index contributed by atoms with van der Waals surface area (Å²) in [6, 6.07) is 25.5. The van der Waals surface area contributed by atoms with Gasteiger partial charge in [-0.05, 0) is 43.4 Å². The van der Waals surface area contributed by atoms with Crippen LogP contribution in [0.2, 0.25) is 0 Å². The summed E-state index contributed by atoms with van der Waals surface area (Å²) < 4.78 is 33.5. The fourth-order valence-corrected chi connectivity index (χ4v) is 8.10. The van der Waals surface area contributed by atoms with Crippen LogP contribution in [0.5, 0.6) is 0 Å². The summed E-state index contributed by atoms with van der Waals surface area (Å²) in [6.45, 7) is 5.94. The van der Waals surface area contributed by atoms with Gasteiger partial charge in [-0.2, -0.15) is 46.3 Å². The van der Waals surface area contributed by atoms with Gasteiger partial charge in [-0.25, -0.2) is 9.59 Å². The van der Waals surface area contributed by atoms with Crippen molar-refractivity contribution < 1.29 is 61.2 Å². The number of carboxylic acid groups (broad SMARTS) is 1. The van der Waals surface area contributed by atoms with Crippen molar-refractivity contribution in [3.05, 3.63) is 108 Å². The van der Waals surface area contributed by atoms with E-state index in [1.165, 1.54) is 6.92 Å². The number of aliphatic carboxylic acids is 1. The van der Waals surface area contributed by atoms with Crippen molar-refractivity contribution in [1.82, 2.24) is 37.2 Å². The van der Waals surface area contributed by atoms with E-state index in [4.69, 9.17) is 43.1 Å². The van der Waals surface area contributed by atoms with Gasteiger partial charge in [-0.3, -0.25) is 33.3 Å². The van der Waals surface area contributed by atoms with Crippen LogP contribution in [0.15, 0.2) is 91.0 Å². The molecule has 0 radical (unpaired) electrons. The molecule has 0 bridgehead atoms. The molecule has 0 aromatic heterocycles. The van der Waals surface area contributed by atoms with Gasteiger partial charge in [0, 0.05) is 87.4 Å². The van der Waals surface area contributed by atoms with Crippen LogP contribution in [-0.2, 0) is 67.9 Å². The number of carbonyl (C=O) groups is 8. The van der Waals surface area contributed by atoms with E-state index < -0.39 is 70.0 Å². The molecule has 19 N–H and O–H groups in total. The molecule has 0 spiro atoms. The molecule has 25 nitrogen and oxygen atoms in total. The van der Waals surface area contributed by atoms with Gasteiger partial charge in [0.1, 0.15) is 12.6 Å². The van der Waals surface area contributed by atoms with E-state index in [-0.39, 0.29) is 55.5 Å². The minimum absolute atomic E-state index is 0.00606. The van der Waals surface area contributed by atoms with E-state index in [1.807, 2.05) is 91.0 Å². The first-order chi connectivity index (χ1) is 38.9. The Morgan fingerprint density at radius 2 is 0.976 bits per heavy atom. The first-order valence-electron chi connectivity index (χ1n) is 25.6. The number of benzene rings is 3. The highest BCUT2D eigenvalue weighted by atomic mass is 33.1. The van der Waals surface area contributed by atoms with Gasteiger partial charge in [-0.15, -0.1) is 0 Å². The highest BCUT2D eigenvalue weighted by Gasteiger charge is 2.18. The fourth-order valence-electron chi connectivity index (χ4n) is 5.46. The van der Waals surface area contributed by atoms with Gasteiger partial charge < -0.3 is 75.7 Å². The second-order valence-electron chi connectivity index (χ2n) is 17.0. The number of hydrogen-bond donors (Lipinski definition) is 17. The lowest BCUT2D eigenvalue weighted by atomic mass is 10.1. The van der Waals surface area contributed by atoms with Crippen LogP contribution in [0, 0.1) is 0 Å². The number of amides is 7. The van der Waals surface area contributed by atoms with E-state index in [0.717, 1.165) is 28.2 Å². The third-order valence-corrected chi connectivity index (χ3v) is 13.6. The van der Waals surface area contributed by atoms with Crippen molar-refractivity contribution in [3.63, 3.8) is 0 Å². The topological polar surface area (TPSA) is 435 Å². The number of ether oxygens (including phenoxy) is 1. The summed E-state index contributed by atoms with van der Waals surface area (Å²) in [5.41, 5.74) is 30.4. The molecule has 0 saturated carbocycles. The molecule has 3 rings (SSSR count). The third kappa shape index (κ3) is 47.2. The first-order valence-corrected chi connectivity index (χ1v) is 31.6. The number of carboxylic acids is 1. The van der Waals surface area contributed by atoms with Gasteiger partial charge in [-0.1, -0.05) is 113 Å². The van der Waals surface area contributed by atoms with Gasteiger partial charge >= 0.3 is 12.1 Å². The highest BCUT2D eigenvalue weighted by Crippen LogP contribution is 2.19. The van der Waals surface area contributed by atoms with Crippen LogP contribution in [-0.4, -0.2) is 176 Å². The maximum absolute atomic E-state index is 12.0. The molecule has 0 saturated heterocycles. The minimum atomic E-state index is -4.00. The zero-order valence-corrected chi connectivity index (χ0v) is 51.2. The van der Waals surface area contributed by atoms with Crippen LogP contribution in [0.4, 0.5) is 4.79 Å². The van der Waals surface area contributed by atoms with Crippen molar-refractivity contribution in [2.24, 2.45) is 28.7 Å². The molecule has 31 heteroatoms.